The predicted octanol–water partition coefficient (Wildman–Crippen LogP) is 3.25. The van der Waals surface area contributed by atoms with Gasteiger partial charge in [0.25, 0.3) is 0 Å². The standard InChI is InChI=1S/C14H11N3O3S/c1-7-5-8(12(18)10-3-2-4-21-10)6-9-11(7)16-13(15-9)17-14(19)20/h2-6H,1H3,(H,19,20)(H2,15,16,17). The monoisotopic (exact) mass is 301 g/mol. The number of carbonyl (C=O) groups is 2. The highest BCUT2D eigenvalue weighted by molar-refractivity contribution is 7.12. The lowest BCUT2D eigenvalue weighted by Crippen LogP contribution is -2.08. The van der Waals surface area contributed by atoms with Gasteiger partial charge in [0.2, 0.25) is 11.7 Å². The molecule has 1 amide bonds. The molecule has 7 heteroatoms. The van der Waals surface area contributed by atoms with Crippen LogP contribution in [0, 0.1) is 6.92 Å². The summed E-state index contributed by atoms with van der Waals surface area (Å²) in [6, 6.07) is 7.05. The van der Waals surface area contributed by atoms with E-state index in [0.717, 1.165) is 5.56 Å². The second-order valence-corrected chi connectivity index (χ2v) is 5.46. The van der Waals surface area contributed by atoms with Gasteiger partial charge in [-0.2, -0.15) is 0 Å². The average molecular weight is 301 g/mol. The van der Waals surface area contributed by atoms with E-state index in [4.69, 9.17) is 5.11 Å². The van der Waals surface area contributed by atoms with E-state index in [2.05, 4.69) is 15.3 Å². The maximum atomic E-state index is 12.4. The fourth-order valence-electron chi connectivity index (χ4n) is 2.13. The number of benzene rings is 1. The maximum Gasteiger partial charge on any atom is 0.411 e. The number of H-pyrrole nitrogens is 1. The number of carbonyl (C=O) groups excluding carboxylic acids is 1. The molecule has 2 heterocycles. The summed E-state index contributed by atoms with van der Waals surface area (Å²) in [4.78, 5) is 30.7. The number of rotatable bonds is 3. The quantitative estimate of drug-likeness (QED) is 0.647. The Morgan fingerprint density at radius 2 is 2.19 bits per heavy atom. The molecule has 1 aromatic carbocycles. The fourth-order valence-corrected chi connectivity index (χ4v) is 2.82. The highest BCUT2D eigenvalue weighted by atomic mass is 32.1. The first kappa shape index (κ1) is 13.3. The number of ketones is 1. The topological polar surface area (TPSA) is 95.1 Å². The molecule has 0 spiro atoms. The SMILES string of the molecule is Cc1cc(C(=O)c2cccs2)cc2[nH]c(NC(=O)O)nc12. The number of carboxylic acid groups (broad SMARTS) is 1. The van der Waals surface area contributed by atoms with Crippen LogP contribution in [0.5, 0.6) is 0 Å². The molecule has 6 nitrogen and oxygen atoms in total. The molecule has 0 atom stereocenters. The molecular formula is C14H11N3O3S. The zero-order valence-electron chi connectivity index (χ0n) is 11.0. The van der Waals surface area contributed by atoms with Crippen molar-refractivity contribution in [3.8, 4) is 0 Å². The molecule has 0 aliphatic carbocycles. The first-order valence-corrected chi connectivity index (χ1v) is 7.01. The lowest BCUT2D eigenvalue weighted by Gasteiger charge is -2.01. The van der Waals surface area contributed by atoms with E-state index in [1.54, 1.807) is 18.2 Å². The molecule has 3 N–H and O–H groups in total. The Kier molecular flexibility index (Phi) is 3.19. The van der Waals surface area contributed by atoms with E-state index < -0.39 is 6.09 Å². The van der Waals surface area contributed by atoms with Crippen molar-refractivity contribution in [3.05, 3.63) is 45.6 Å². The summed E-state index contributed by atoms with van der Waals surface area (Å²) in [7, 11) is 0. The van der Waals surface area contributed by atoms with E-state index in [9.17, 15) is 9.59 Å². The van der Waals surface area contributed by atoms with Crippen LogP contribution in [-0.2, 0) is 0 Å². The minimum atomic E-state index is -1.19. The molecule has 0 aliphatic rings. The Hall–Kier alpha value is -2.67. The third-order valence-electron chi connectivity index (χ3n) is 3.01. The molecule has 0 saturated carbocycles. The van der Waals surface area contributed by atoms with Gasteiger partial charge in [-0.1, -0.05) is 6.07 Å². The molecule has 0 fully saturated rings. The molecule has 0 aliphatic heterocycles. The van der Waals surface area contributed by atoms with Gasteiger partial charge < -0.3 is 10.1 Å². The zero-order chi connectivity index (χ0) is 15.0. The maximum absolute atomic E-state index is 12.4. The van der Waals surface area contributed by atoms with Crippen LogP contribution in [0.2, 0.25) is 0 Å². The van der Waals surface area contributed by atoms with Gasteiger partial charge in [0.05, 0.1) is 15.9 Å². The van der Waals surface area contributed by atoms with Crippen LogP contribution in [0.15, 0.2) is 29.6 Å². The van der Waals surface area contributed by atoms with Crippen molar-refractivity contribution in [2.24, 2.45) is 0 Å². The highest BCUT2D eigenvalue weighted by Gasteiger charge is 2.14. The Labute approximate surface area is 123 Å². The van der Waals surface area contributed by atoms with Crippen molar-refractivity contribution in [2.45, 2.75) is 6.92 Å². The van der Waals surface area contributed by atoms with Crippen molar-refractivity contribution < 1.29 is 14.7 Å². The van der Waals surface area contributed by atoms with Crippen molar-refractivity contribution >= 4 is 40.2 Å². The van der Waals surface area contributed by atoms with Gasteiger partial charge in [0.15, 0.2) is 0 Å². The Morgan fingerprint density at radius 1 is 1.38 bits per heavy atom. The zero-order valence-corrected chi connectivity index (χ0v) is 11.8. The number of aromatic amines is 1. The van der Waals surface area contributed by atoms with E-state index in [0.29, 0.717) is 21.5 Å². The molecule has 0 unspecified atom stereocenters. The smallest absolute Gasteiger partial charge is 0.411 e. The number of imidazole rings is 1. The Morgan fingerprint density at radius 3 is 2.86 bits per heavy atom. The van der Waals surface area contributed by atoms with Crippen LogP contribution in [-0.4, -0.2) is 27.0 Å². The minimum absolute atomic E-state index is 0.0580. The Bertz CT molecular complexity index is 837. The second kappa shape index (κ2) is 5.02. The third-order valence-corrected chi connectivity index (χ3v) is 3.88. The summed E-state index contributed by atoms with van der Waals surface area (Å²) in [6.07, 6.45) is -1.19. The van der Waals surface area contributed by atoms with Crippen LogP contribution in [0.4, 0.5) is 10.7 Å². The van der Waals surface area contributed by atoms with Crippen LogP contribution in [0.3, 0.4) is 0 Å². The third kappa shape index (κ3) is 2.50. The number of anilines is 1. The van der Waals surface area contributed by atoms with E-state index in [-0.39, 0.29) is 11.7 Å². The van der Waals surface area contributed by atoms with Gasteiger partial charge in [-0.05, 0) is 36.1 Å². The normalized spacial score (nSPS) is 10.7. The predicted molar refractivity (Wildman–Crippen MR) is 80.2 cm³/mol. The number of fused-ring (bicyclic) bond motifs is 1. The molecule has 2 aromatic heterocycles. The summed E-state index contributed by atoms with van der Waals surface area (Å²) >= 11 is 1.39. The number of aryl methyl sites for hydroxylation is 1. The molecular weight excluding hydrogens is 290 g/mol. The van der Waals surface area contributed by atoms with Gasteiger partial charge in [0.1, 0.15) is 0 Å². The van der Waals surface area contributed by atoms with Crippen LogP contribution in [0.1, 0.15) is 20.8 Å². The first-order valence-electron chi connectivity index (χ1n) is 6.13. The van der Waals surface area contributed by atoms with E-state index in [1.807, 2.05) is 18.4 Å². The first-order chi connectivity index (χ1) is 10.0. The number of nitrogens with zero attached hydrogens (tertiary/aromatic N) is 1. The number of nitrogens with one attached hydrogen (secondary N) is 2. The Balaban J connectivity index is 2.06. The van der Waals surface area contributed by atoms with Crippen molar-refractivity contribution in [1.82, 2.24) is 9.97 Å². The summed E-state index contributed by atoms with van der Waals surface area (Å²) in [5, 5.41) is 12.7. The summed E-state index contributed by atoms with van der Waals surface area (Å²) in [5.74, 6) is 0.0821. The molecule has 0 bridgehead atoms. The van der Waals surface area contributed by atoms with Crippen LogP contribution in [0.25, 0.3) is 11.0 Å². The van der Waals surface area contributed by atoms with E-state index >= 15 is 0 Å². The molecule has 3 aromatic rings. The number of amides is 1. The lowest BCUT2D eigenvalue weighted by atomic mass is 10.1. The number of hydrogen-bond acceptors (Lipinski definition) is 4. The second-order valence-electron chi connectivity index (χ2n) is 4.51. The molecule has 3 rings (SSSR count). The van der Waals surface area contributed by atoms with Crippen molar-refractivity contribution in [1.29, 1.82) is 0 Å². The fraction of sp³-hybridized carbons (Fsp3) is 0.0714. The van der Waals surface area contributed by atoms with Crippen LogP contribution >= 0.6 is 11.3 Å². The number of hydrogen-bond donors (Lipinski definition) is 3. The van der Waals surface area contributed by atoms with Crippen LogP contribution < -0.4 is 5.32 Å². The highest BCUT2D eigenvalue weighted by Crippen LogP contribution is 2.23. The van der Waals surface area contributed by atoms with Crippen molar-refractivity contribution in [3.63, 3.8) is 0 Å². The minimum Gasteiger partial charge on any atom is -0.465 e. The van der Waals surface area contributed by atoms with Gasteiger partial charge >= 0.3 is 6.09 Å². The summed E-state index contributed by atoms with van der Waals surface area (Å²) in [6.45, 7) is 1.83. The number of aromatic nitrogens is 2. The lowest BCUT2D eigenvalue weighted by molar-refractivity contribution is 0.104. The van der Waals surface area contributed by atoms with Crippen molar-refractivity contribution in [2.75, 3.05) is 5.32 Å². The van der Waals surface area contributed by atoms with Gasteiger partial charge in [-0.25, -0.2) is 9.78 Å². The molecule has 0 radical (unpaired) electrons. The van der Waals surface area contributed by atoms with E-state index in [1.165, 1.54) is 11.3 Å². The van der Waals surface area contributed by atoms with Gasteiger partial charge in [-0.15, -0.1) is 11.3 Å². The largest absolute Gasteiger partial charge is 0.465 e. The number of thiophene rings is 1. The van der Waals surface area contributed by atoms with Gasteiger partial charge in [0, 0.05) is 5.56 Å². The molecule has 0 saturated heterocycles. The average Bonchev–Trinajstić information content (AvgIpc) is 3.05. The summed E-state index contributed by atoms with van der Waals surface area (Å²) < 4.78 is 0. The summed E-state index contributed by atoms with van der Waals surface area (Å²) in [5.41, 5.74) is 2.62. The molecule has 106 valence electrons. The van der Waals surface area contributed by atoms with Gasteiger partial charge in [-0.3, -0.25) is 10.1 Å². The molecule has 21 heavy (non-hydrogen) atoms.